The van der Waals surface area contributed by atoms with Gasteiger partial charge < -0.3 is 29.2 Å². The van der Waals surface area contributed by atoms with Crippen molar-refractivity contribution in [2.45, 2.75) is 113 Å². The van der Waals surface area contributed by atoms with Crippen LogP contribution in [0.3, 0.4) is 0 Å². The summed E-state index contributed by atoms with van der Waals surface area (Å²) in [5, 5.41) is 26.6. The second kappa shape index (κ2) is 20.7. The van der Waals surface area contributed by atoms with Crippen LogP contribution in [0.4, 0.5) is 0 Å². The van der Waals surface area contributed by atoms with Gasteiger partial charge in [-0.25, -0.2) is 12.4 Å². The average molecular weight is 832 g/mol. The van der Waals surface area contributed by atoms with Crippen LogP contribution in [0.5, 0.6) is 0 Å². The van der Waals surface area contributed by atoms with Crippen molar-refractivity contribution in [3.63, 3.8) is 0 Å². The number of fused-ring (bicyclic) bond motifs is 1. The normalized spacial score (nSPS) is 21.9. The summed E-state index contributed by atoms with van der Waals surface area (Å²) < 4.78 is 56.4. The Bertz CT molecular complexity index is 2310. The van der Waals surface area contributed by atoms with Gasteiger partial charge in [0.2, 0.25) is 0 Å². The van der Waals surface area contributed by atoms with Crippen LogP contribution >= 0.6 is 0 Å². The van der Waals surface area contributed by atoms with Crippen LogP contribution < -0.4 is 0 Å². The van der Waals surface area contributed by atoms with Gasteiger partial charge in [0, 0.05) is 18.2 Å². The van der Waals surface area contributed by atoms with Gasteiger partial charge in [-0.15, -0.1) is 0 Å². The molecule has 1 aromatic heterocycles. The van der Waals surface area contributed by atoms with Gasteiger partial charge >= 0.3 is 0 Å². The molecule has 1 aliphatic carbocycles. The minimum absolute atomic E-state index is 0.0000223. The molecule has 1 fully saturated rings. The molecule has 5 aromatic carbocycles. The maximum atomic E-state index is 14.0. The van der Waals surface area contributed by atoms with Gasteiger partial charge in [0.15, 0.2) is 0 Å². The third-order valence-corrected chi connectivity index (χ3v) is 13.2. The highest BCUT2D eigenvalue weighted by atomic mass is 32.2. The highest BCUT2D eigenvalue weighted by Crippen LogP contribution is 2.41. The number of nitrogens with zero attached hydrogens (tertiary/aromatic N) is 1. The van der Waals surface area contributed by atoms with Crippen molar-refractivity contribution in [1.29, 1.82) is 0 Å². The number of aromatic nitrogens is 1. The number of unbranched alkanes of at least 4 members (excludes halogenated alkanes) is 4. The lowest BCUT2D eigenvalue weighted by Crippen LogP contribution is -2.72. The Hall–Kier alpha value is -4.65. The second-order valence-electron chi connectivity index (χ2n) is 15.7. The van der Waals surface area contributed by atoms with Crippen LogP contribution in [-0.2, 0) is 55.2 Å². The van der Waals surface area contributed by atoms with Crippen LogP contribution in [0, 0.1) is 0 Å². The lowest BCUT2D eigenvalue weighted by molar-refractivity contribution is -0.307. The van der Waals surface area contributed by atoms with Crippen molar-refractivity contribution in [2.75, 3.05) is 6.61 Å². The molecule has 60 heavy (non-hydrogen) atoms. The van der Waals surface area contributed by atoms with Crippen molar-refractivity contribution in [2.24, 2.45) is 0 Å². The quantitative estimate of drug-likeness (QED) is 0.0691. The summed E-state index contributed by atoms with van der Waals surface area (Å²) in [6.45, 7) is 3.09. The SMILES string of the molecule is CCCCCCCOC1C(OCc2ccccc2)C(OCc2ccccc2)C(OCc2ccccc2)C(O)(CCc2cn(S(=O)(=O)c3ccccc3)c3ccccc23)C1O. The molecule has 0 saturated heterocycles. The molecule has 316 valence electrons. The van der Waals surface area contributed by atoms with Gasteiger partial charge in [-0.2, -0.15) is 0 Å². The number of rotatable bonds is 21. The van der Waals surface area contributed by atoms with Crippen LogP contribution in [-0.4, -0.2) is 65.3 Å². The van der Waals surface area contributed by atoms with Gasteiger partial charge in [0.05, 0.1) is 30.2 Å². The number of hydrogen-bond donors (Lipinski definition) is 2. The summed E-state index contributed by atoms with van der Waals surface area (Å²) >= 11 is 0. The monoisotopic (exact) mass is 831 g/mol. The lowest BCUT2D eigenvalue weighted by Gasteiger charge is -2.53. The first-order valence-electron chi connectivity index (χ1n) is 21.2. The van der Waals surface area contributed by atoms with Gasteiger partial charge in [0.1, 0.15) is 36.1 Å². The van der Waals surface area contributed by atoms with E-state index in [2.05, 4.69) is 6.92 Å². The molecule has 0 amide bonds. The number of benzene rings is 5. The van der Waals surface area contributed by atoms with Crippen molar-refractivity contribution in [1.82, 2.24) is 3.97 Å². The summed E-state index contributed by atoms with van der Waals surface area (Å²) in [6, 6.07) is 45.0. The van der Waals surface area contributed by atoms with Crippen molar-refractivity contribution in [3.8, 4) is 0 Å². The van der Waals surface area contributed by atoms with E-state index in [4.69, 9.17) is 18.9 Å². The zero-order valence-electron chi connectivity index (χ0n) is 34.3. The number of aliphatic hydroxyl groups is 2. The summed E-state index contributed by atoms with van der Waals surface area (Å²) in [6.07, 6.45) is 1.66. The highest BCUT2D eigenvalue weighted by Gasteiger charge is 2.61. The number of hydrogen-bond acceptors (Lipinski definition) is 8. The Labute approximate surface area is 354 Å². The van der Waals surface area contributed by atoms with E-state index < -0.39 is 46.1 Å². The average Bonchev–Trinajstić information content (AvgIpc) is 3.68. The molecule has 0 bridgehead atoms. The molecule has 6 unspecified atom stereocenters. The zero-order chi connectivity index (χ0) is 41.8. The molecule has 9 nitrogen and oxygen atoms in total. The Morgan fingerprint density at radius 2 is 1.12 bits per heavy atom. The maximum Gasteiger partial charge on any atom is 0.268 e. The summed E-state index contributed by atoms with van der Waals surface area (Å²) in [5.74, 6) is 0. The molecule has 7 rings (SSSR count). The molecule has 6 atom stereocenters. The molecule has 10 heteroatoms. The largest absolute Gasteiger partial charge is 0.387 e. The fourth-order valence-corrected chi connectivity index (χ4v) is 9.65. The Morgan fingerprint density at radius 3 is 1.72 bits per heavy atom. The minimum atomic E-state index is -3.95. The first-order chi connectivity index (χ1) is 29.3. The van der Waals surface area contributed by atoms with E-state index in [0.29, 0.717) is 17.7 Å². The van der Waals surface area contributed by atoms with E-state index >= 15 is 0 Å². The second-order valence-corrected chi connectivity index (χ2v) is 17.5. The van der Waals surface area contributed by atoms with E-state index in [0.717, 1.165) is 54.2 Å². The minimum Gasteiger partial charge on any atom is -0.387 e. The van der Waals surface area contributed by atoms with Crippen molar-refractivity contribution < 1.29 is 37.6 Å². The number of aryl methyl sites for hydroxylation is 1. The molecule has 0 spiro atoms. The molecule has 1 aliphatic rings. The predicted molar refractivity (Wildman–Crippen MR) is 234 cm³/mol. The Balaban J connectivity index is 1.28. The number of para-hydroxylation sites is 1. The molecule has 1 heterocycles. The van der Waals surface area contributed by atoms with E-state index in [1.807, 2.05) is 109 Å². The van der Waals surface area contributed by atoms with Gasteiger partial charge in [0.25, 0.3) is 10.0 Å². The summed E-state index contributed by atoms with van der Waals surface area (Å²) in [5.41, 5.74) is 2.04. The molecule has 2 N–H and O–H groups in total. The number of ether oxygens (including phenoxy) is 4. The molecular formula is C50H57NO8S. The number of aliphatic hydroxyl groups excluding tert-OH is 1. The fraction of sp³-hybridized carbons (Fsp3) is 0.360. The van der Waals surface area contributed by atoms with E-state index in [-0.39, 0.29) is 37.6 Å². The van der Waals surface area contributed by atoms with Gasteiger partial charge in [-0.05, 0) is 59.7 Å². The summed E-state index contributed by atoms with van der Waals surface area (Å²) in [7, 11) is -3.95. The first kappa shape index (κ1) is 43.4. The van der Waals surface area contributed by atoms with E-state index in [1.165, 1.54) is 3.97 Å². The van der Waals surface area contributed by atoms with E-state index in [9.17, 15) is 18.6 Å². The van der Waals surface area contributed by atoms with Crippen LogP contribution in [0.2, 0.25) is 0 Å². The van der Waals surface area contributed by atoms with Gasteiger partial charge in [-0.3, -0.25) is 0 Å². The molecule has 0 radical (unpaired) electrons. The fourth-order valence-electron chi connectivity index (χ4n) is 8.24. The smallest absolute Gasteiger partial charge is 0.268 e. The molecule has 6 aromatic rings. The molecular weight excluding hydrogens is 775 g/mol. The van der Waals surface area contributed by atoms with Crippen LogP contribution in [0.25, 0.3) is 10.9 Å². The van der Waals surface area contributed by atoms with Crippen LogP contribution in [0.15, 0.2) is 157 Å². The third-order valence-electron chi connectivity index (χ3n) is 11.5. The predicted octanol–water partition coefficient (Wildman–Crippen LogP) is 9.03. The first-order valence-corrected chi connectivity index (χ1v) is 22.6. The molecule has 0 aliphatic heterocycles. The Morgan fingerprint density at radius 1 is 0.600 bits per heavy atom. The van der Waals surface area contributed by atoms with E-state index in [1.54, 1.807) is 42.6 Å². The topological polar surface area (TPSA) is 116 Å². The standard InChI is InChI=1S/C50H57NO8S/c1-2-3-4-5-20-33-56-46-45(57-35-38-21-10-6-11-22-38)47(58-36-39-23-12-7-13-24-39)49(59-37-40-25-14-8-15-26-40)50(53,48(46)52)32-31-41-34-51(44-30-19-18-29-43(41)44)60(54,55)42-27-16-9-17-28-42/h6-19,21-30,34,45-49,52-53H,2-5,20,31-33,35-37H2,1H3. The van der Waals surface area contributed by atoms with Crippen LogP contribution in [0.1, 0.15) is 67.7 Å². The molecule has 1 saturated carbocycles. The van der Waals surface area contributed by atoms with Gasteiger partial charge in [-0.1, -0.05) is 160 Å². The highest BCUT2D eigenvalue weighted by molar-refractivity contribution is 7.90. The van der Waals surface area contributed by atoms with Crippen molar-refractivity contribution >= 4 is 20.9 Å². The third kappa shape index (κ3) is 10.3. The Kier molecular flexibility index (Phi) is 15.0. The lowest BCUT2D eigenvalue weighted by atomic mass is 9.71. The maximum absolute atomic E-state index is 14.0. The van der Waals surface area contributed by atoms with Crippen molar-refractivity contribution in [3.05, 3.63) is 174 Å². The zero-order valence-corrected chi connectivity index (χ0v) is 35.1. The summed E-state index contributed by atoms with van der Waals surface area (Å²) in [4.78, 5) is 0.169.